The molecule has 0 aliphatic heterocycles. The van der Waals surface area contributed by atoms with E-state index in [4.69, 9.17) is 0 Å². The van der Waals surface area contributed by atoms with Gasteiger partial charge >= 0.3 is 0 Å². The molecule has 0 saturated carbocycles. The maximum atomic E-state index is 2.53. The first-order valence-electron chi connectivity index (χ1n) is 10.2. The summed E-state index contributed by atoms with van der Waals surface area (Å²) < 4.78 is 0. The van der Waals surface area contributed by atoms with Crippen LogP contribution in [0, 0.1) is 20.8 Å². The lowest BCUT2D eigenvalue weighted by molar-refractivity contribution is 0.659. The van der Waals surface area contributed by atoms with Crippen molar-refractivity contribution in [2.75, 3.05) is 0 Å². The summed E-state index contributed by atoms with van der Waals surface area (Å²) in [4.78, 5) is 0. The van der Waals surface area contributed by atoms with E-state index in [1.807, 2.05) is 0 Å². The van der Waals surface area contributed by atoms with Crippen molar-refractivity contribution in [3.05, 3.63) is 82.4 Å². The van der Waals surface area contributed by atoms with Crippen molar-refractivity contribution in [3.63, 3.8) is 0 Å². The maximum absolute atomic E-state index is 2.53. The Morgan fingerprint density at radius 2 is 1.56 bits per heavy atom. The number of hydrogen-bond donors (Lipinski definition) is 0. The molecule has 2 radical (unpaired) electrons. The van der Waals surface area contributed by atoms with Crippen molar-refractivity contribution in [1.82, 2.24) is 0 Å². The van der Waals surface area contributed by atoms with Gasteiger partial charge in [-0.25, -0.2) is 0 Å². The Bertz CT molecular complexity index is 963. The molecule has 1 atom stereocenters. The first kappa shape index (κ1) is 18.2. The van der Waals surface area contributed by atoms with Gasteiger partial charge in [0.25, 0.3) is 0 Å². The monoisotopic (exact) mass is 368 g/mol. The molecular formula is C26H28Si. The molecule has 1 aliphatic rings. The van der Waals surface area contributed by atoms with E-state index in [0.29, 0.717) is 5.92 Å². The molecule has 0 spiro atoms. The highest BCUT2D eigenvalue weighted by Crippen LogP contribution is 2.46. The van der Waals surface area contributed by atoms with Gasteiger partial charge in [0, 0.05) is 5.92 Å². The number of unbranched alkanes of at least 4 members (excludes halogenated alkanes) is 1. The topological polar surface area (TPSA) is 0 Å². The Balaban J connectivity index is 1.76. The van der Waals surface area contributed by atoms with Crippen LogP contribution >= 0.6 is 0 Å². The first-order valence-corrected chi connectivity index (χ1v) is 11.2. The molecule has 0 heterocycles. The highest BCUT2D eigenvalue weighted by atomic mass is 28.2. The zero-order valence-corrected chi connectivity index (χ0v) is 17.9. The van der Waals surface area contributed by atoms with Crippen LogP contribution in [-0.2, 0) is 0 Å². The molecular weight excluding hydrogens is 340 g/mol. The van der Waals surface area contributed by atoms with Gasteiger partial charge in [0.1, 0.15) is 9.52 Å². The summed E-state index contributed by atoms with van der Waals surface area (Å²) in [5.74, 6) is 0.569. The van der Waals surface area contributed by atoms with Crippen LogP contribution in [0.5, 0.6) is 0 Å². The van der Waals surface area contributed by atoms with E-state index < -0.39 is 0 Å². The van der Waals surface area contributed by atoms with Crippen LogP contribution in [-0.4, -0.2) is 9.52 Å². The quantitative estimate of drug-likeness (QED) is 0.517. The number of benzene rings is 3. The molecule has 27 heavy (non-hydrogen) atoms. The molecule has 1 heteroatoms. The van der Waals surface area contributed by atoms with E-state index in [9.17, 15) is 0 Å². The molecule has 0 N–H and O–H groups in total. The van der Waals surface area contributed by atoms with Gasteiger partial charge < -0.3 is 0 Å². The van der Waals surface area contributed by atoms with Crippen LogP contribution in [0.1, 0.15) is 59.9 Å². The van der Waals surface area contributed by atoms with Crippen LogP contribution in [0.25, 0.3) is 11.1 Å². The van der Waals surface area contributed by atoms with E-state index >= 15 is 0 Å². The van der Waals surface area contributed by atoms with Gasteiger partial charge in [-0.1, -0.05) is 101 Å². The molecule has 0 fully saturated rings. The first-order chi connectivity index (χ1) is 13.1. The van der Waals surface area contributed by atoms with E-state index in [2.05, 4.69) is 82.3 Å². The Kier molecular flexibility index (Phi) is 5.05. The Morgan fingerprint density at radius 1 is 0.815 bits per heavy atom. The highest BCUT2D eigenvalue weighted by molar-refractivity contribution is 6.67. The molecule has 0 saturated heterocycles. The summed E-state index contributed by atoms with van der Waals surface area (Å²) in [5.41, 5.74) is 10.2. The molecule has 3 aromatic rings. The fourth-order valence-corrected chi connectivity index (χ4v) is 5.92. The average molecular weight is 369 g/mol. The summed E-state index contributed by atoms with van der Waals surface area (Å²) in [7, 11) is 0.731. The van der Waals surface area contributed by atoms with Crippen LogP contribution in [0.15, 0.2) is 54.6 Å². The second-order valence-electron chi connectivity index (χ2n) is 8.04. The molecule has 0 nitrogen and oxygen atoms in total. The van der Waals surface area contributed by atoms with Crippen LogP contribution in [0.2, 0.25) is 0 Å². The van der Waals surface area contributed by atoms with Crippen LogP contribution in [0.4, 0.5) is 0 Å². The summed E-state index contributed by atoms with van der Waals surface area (Å²) in [6.45, 7) is 8.99. The van der Waals surface area contributed by atoms with Crippen molar-refractivity contribution in [3.8, 4) is 11.1 Å². The van der Waals surface area contributed by atoms with E-state index in [1.54, 1.807) is 5.56 Å². The zero-order chi connectivity index (χ0) is 19.0. The van der Waals surface area contributed by atoms with Gasteiger partial charge in [0.2, 0.25) is 0 Å². The Morgan fingerprint density at radius 3 is 2.30 bits per heavy atom. The Hall–Kier alpha value is -2.12. The average Bonchev–Trinajstić information content (AvgIpc) is 2.92. The Labute approximate surface area is 166 Å². The predicted octanol–water partition coefficient (Wildman–Crippen LogP) is 5.57. The van der Waals surface area contributed by atoms with Gasteiger partial charge in [-0.2, -0.15) is 0 Å². The SMILES string of the molecule is CCCCC1c2ccccc2-c2cc(C)c([Si]c3cc(C)cc(C)c3)cc21. The highest BCUT2D eigenvalue weighted by Gasteiger charge is 2.28. The van der Waals surface area contributed by atoms with E-state index in [0.717, 1.165) is 9.52 Å². The van der Waals surface area contributed by atoms with Crippen molar-refractivity contribution >= 4 is 19.9 Å². The third-order valence-electron chi connectivity index (χ3n) is 5.75. The lowest BCUT2D eigenvalue weighted by atomic mass is 9.91. The van der Waals surface area contributed by atoms with Gasteiger partial charge in [-0.05, 0) is 49.4 Å². The second-order valence-corrected chi connectivity index (χ2v) is 9.40. The molecule has 4 rings (SSSR count). The molecule has 0 bridgehead atoms. The molecule has 0 aromatic heterocycles. The largest absolute Gasteiger partial charge is 0.121 e. The van der Waals surface area contributed by atoms with Crippen molar-refractivity contribution in [2.45, 2.75) is 52.9 Å². The zero-order valence-electron chi connectivity index (χ0n) is 16.9. The lowest BCUT2D eigenvalue weighted by Crippen LogP contribution is -2.30. The summed E-state index contributed by atoms with van der Waals surface area (Å²) in [6, 6.07) is 21.0. The molecule has 0 amide bonds. The molecule has 1 unspecified atom stereocenters. The second kappa shape index (κ2) is 7.48. The minimum atomic E-state index is 0.569. The lowest BCUT2D eigenvalue weighted by Gasteiger charge is -2.15. The maximum Gasteiger partial charge on any atom is 0.121 e. The van der Waals surface area contributed by atoms with Crippen molar-refractivity contribution in [1.29, 1.82) is 0 Å². The van der Waals surface area contributed by atoms with Gasteiger partial charge in [0.15, 0.2) is 0 Å². The van der Waals surface area contributed by atoms with E-state index in [-0.39, 0.29) is 0 Å². The third kappa shape index (κ3) is 3.53. The minimum Gasteiger partial charge on any atom is -0.0654 e. The number of aryl methyl sites for hydroxylation is 3. The van der Waals surface area contributed by atoms with Crippen LogP contribution in [0.3, 0.4) is 0 Å². The van der Waals surface area contributed by atoms with E-state index in [1.165, 1.54) is 63.0 Å². The van der Waals surface area contributed by atoms with Crippen molar-refractivity contribution in [2.24, 2.45) is 0 Å². The summed E-state index contributed by atoms with van der Waals surface area (Å²) in [5, 5.41) is 2.96. The fourth-order valence-electron chi connectivity index (χ4n) is 4.52. The fraction of sp³-hybridized carbons (Fsp3) is 0.308. The van der Waals surface area contributed by atoms with Gasteiger partial charge in [-0.3, -0.25) is 0 Å². The normalized spacial score (nSPS) is 14.9. The molecule has 136 valence electrons. The van der Waals surface area contributed by atoms with Crippen molar-refractivity contribution < 1.29 is 0 Å². The van der Waals surface area contributed by atoms with Gasteiger partial charge in [0.05, 0.1) is 0 Å². The third-order valence-corrected chi connectivity index (χ3v) is 7.13. The minimum absolute atomic E-state index is 0.569. The number of fused-ring (bicyclic) bond motifs is 3. The summed E-state index contributed by atoms with van der Waals surface area (Å²) >= 11 is 0. The molecule has 1 aliphatic carbocycles. The van der Waals surface area contributed by atoms with Gasteiger partial charge in [-0.15, -0.1) is 0 Å². The van der Waals surface area contributed by atoms with Crippen LogP contribution < -0.4 is 10.4 Å². The standard InChI is InChI=1S/C26H28Si/c1-5-6-9-22-21-10-7-8-11-23(21)24-15-19(4)26(16-25(22)24)27-20-13-17(2)12-18(3)14-20/h7-8,10-16,22H,5-6,9H2,1-4H3. The summed E-state index contributed by atoms with van der Waals surface area (Å²) in [6.07, 6.45) is 3.81. The predicted molar refractivity (Wildman–Crippen MR) is 119 cm³/mol. The number of hydrogen-bond acceptors (Lipinski definition) is 0. The number of rotatable bonds is 5. The molecule has 3 aromatic carbocycles. The smallest absolute Gasteiger partial charge is 0.0654 e.